The topological polar surface area (TPSA) is 66.3 Å². The SMILES string of the molecule is C=C(F)/C(=C\C)CN(Cc1cccnc1)C(=O)COc1ccc(C=N)c2ccccc12. The first-order chi connectivity index (χ1) is 15.0. The van der Waals surface area contributed by atoms with Crippen LogP contribution in [0.15, 0.2) is 85.0 Å². The third-order valence-corrected chi connectivity index (χ3v) is 4.93. The van der Waals surface area contributed by atoms with Gasteiger partial charge in [0.1, 0.15) is 11.6 Å². The minimum absolute atomic E-state index is 0.0798. The van der Waals surface area contributed by atoms with E-state index in [4.69, 9.17) is 10.1 Å². The maximum atomic E-state index is 13.8. The van der Waals surface area contributed by atoms with Crippen molar-refractivity contribution in [3.63, 3.8) is 0 Å². The first-order valence-corrected chi connectivity index (χ1v) is 9.85. The Bertz CT molecular complexity index is 1130. The molecule has 0 spiro atoms. The largest absolute Gasteiger partial charge is 0.483 e. The average molecular weight is 417 g/mol. The van der Waals surface area contributed by atoms with Gasteiger partial charge in [0, 0.05) is 48.2 Å². The molecule has 0 aliphatic carbocycles. The normalized spacial score (nSPS) is 11.2. The number of hydrogen-bond acceptors (Lipinski definition) is 4. The Labute approximate surface area is 181 Å². The van der Waals surface area contributed by atoms with Crippen LogP contribution in [0.4, 0.5) is 4.39 Å². The number of pyridine rings is 1. The molecule has 0 atom stereocenters. The van der Waals surface area contributed by atoms with Crippen molar-refractivity contribution in [2.75, 3.05) is 13.2 Å². The molecule has 2 aromatic carbocycles. The summed E-state index contributed by atoms with van der Waals surface area (Å²) in [6, 6.07) is 14.8. The maximum Gasteiger partial charge on any atom is 0.261 e. The summed E-state index contributed by atoms with van der Waals surface area (Å²) in [5.41, 5.74) is 1.95. The van der Waals surface area contributed by atoms with Crippen molar-refractivity contribution in [2.24, 2.45) is 0 Å². The van der Waals surface area contributed by atoms with E-state index in [1.807, 2.05) is 30.3 Å². The number of ether oxygens (including phenoxy) is 1. The molecule has 5 nitrogen and oxygen atoms in total. The molecule has 3 aromatic rings. The summed E-state index contributed by atoms with van der Waals surface area (Å²) in [5, 5.41) is 9.27. The number of allylic oxidation sites excluding steroid dienone is 1. The average Bonchev–Trinajstić information content (AvgIpc) is 2.80. The number of benzene rings is 2. The van der Waals surface area contributed by atoms with Crippen LogP contribution >= 0.6 is 0 Å². The van der Waals surface area contributed by atoms with Gasteiger partial charge in [0.25, 0.3) is 5.91 Å². The molecule has 0 bridgehead atoms. The highest BCUT2D eigenvalue weighted by Crippen LogP contribution is 2.28. The number of carbonyl (C=O) groups excluding carboxylic acids is 1. The first kappa shape index (κ1) is 21.9. The van der Waals surface area contributed by atoms with Gasteiger partial charge < -0.3 is 15.0 Å². The lowest BCUT2D eigenvalue weighted by atomic mass is 10.0. The highest BCUT2D eigenvalue weighted by atomic mass is 19.1. The Balaban J connectivity index is 1.81. The standard InChI is InChI=1S/C25H24FN3O2/c1-3-20(18(2)26)16-29(15-19-7-6-12-28-14-19)25(30)17-31-24-11-10-21(13-27)22-8-4-5-9-23(22)24/h3-14,27H,2,15-17H2,1H3/b20-3-,27-13?. The van der Waals surface area contributed by atoms with Crippen molar-refractivity contribution < 1.29 is 13.9 Å². The number of nitrogens with zero attached hydrogens (tertiary/aromatic N) is 2. The van der Waals surface area contributed by atoms with Crippen molar-refractivity contribution in [3.05, 3.63) is 96.1 Å². The van der Waals surface area contributed by atoms with Gasteiger partial charge in [0.05, 0.1) is 0 Å². The van der Waals surface area contributed by atoms with E-state index in [1.54, 1.807) is 43.6 Å². The molecule has 1 N–H and O–H groups in total. The van der Waals surface area contributed by atoms with Crippen LogP contribution in [-0.4, -0.2) is 35.2 Å². The van der Waals surface area contributed by atoms with Crippen LogP contribution in [0.3, 0.4) is 0 Å². The van der Waals surface area contributed by atoms with Crippen LogP contribution in [0, 0.1) is 5.41 Å². The van der Waals surface area contributed by atoms with E-state index in [-0.39, 0.29) is 25.6 Å². The zero-order chi connectivity index (χ0) is 22.2. The fraction of sp³-hybridized carbons (Fsp3) is 0.160. The molecule has 1 heterocycles. The number of halogens is 1. The van der Waals surface area contributed by atoms with Crippen molar-refractivity contribution in [1.82, 2.24) is 9.88 Å². The second-order valence-corrected chi connectivity index (χ2v) is 6.96. The van der Waals surface area contributed by atoms with Crippen LogP contribution in [-0.2, 0) is 11.3 Å². The van der Waals surface area contributed by atoms with Crippen LogP contribution in [0.5, 0.6) is 5.75 Å². The molecule has 0 saturated carbocycles. The van der Waals surface area contributed by atoms with E-state index in [0.717, 1.165) is 21.9 Å². The molecule has 31 heavy (non-hydrogen) atoms. The van der Waals surface area contributed by atoms with Gasteiger partial charge in [-0.15, -0.1) is 0 Å². The maximum absolute atomic E-state index is 13.8. The van der Waals surface area contributed by atoms with Crippen molar-refractivity contribution in [1.29, 1.82) is 5.41 Å². The van der Waals surface area contributed by atoms with Gasteiger partial charge in [-0.1, -0.05) is 43.0 Å². The van der Waals surface area contributed by atoms with E-state index >= 15 is 0 Å². The summed E-state index contributed by atoms with van der Waals surface area (Å²) >= 11 is 0. The van der Waals surface area contributed by atoms with Gasteiger partial charge in [-0.05, 0) is 36.1 Å². The first-order valence-electron chi connectivity index (χ1n) is 9.85. The lowest BCUT2D eigenvalue weighted by molar-refractivity contribution is -0.133. The molecule has 1 amide bonds. The highest BCUT2D eigenvalue weighted by Gasteiger charge is 2.18. The van der Waals surface area contributed by atoms with Gasteiger partial charge in [-0.3, -0.25) is 9.78 Å². The fourth-order valence-electron chi connectivity index (χ4n) is 3.26. The summed E-state index contributed by atoms with van der Waals surface area (Å²) < 4.78 is 19.6. The van der Waals surface area contributed by atoms with Gasteiger partial charge in [0.15, 0.2) is 6.61 Å². The number of nitrogens with one attached hydrogen (secondary N) is 1. The Hall–Kier alpha value is -3.80. The Morgan fingerprint density at radius 2 is 1.97 bits per heavy atom. The van der Waals surface area contributed by atoms with Crippen molar-refractivity contribution in [2.45, 2.75) is 13.5 Å². The number of hydrogen-bond donors (Lipinski definition) is 1. The zero-order valence-electron chi connectivity index (χ0n) is 17.3. The highest BCUT2D eigenvalue weighted by molar-refractivity contribution is 6.01. The van der Waals surface area contributed by atoms with Crippen LogP contribution in [0.2, 0.25) is 0 Å². The molecule has 0 unspecified atom stereocenters. The van der Waals surface area contributed by atoms with Gasteiger partial charge >= 0.3 is 0 Å². The van der Waals surface area contributed by atoms with Crippen LogP contribution < -0.4 is 4.74 Å². The van der Waals surface area contributed by atoms with Crippen molar-refractivity contribution in [3.8, 4) is 5.75 Å². The van der Waals surface area contributed by atoms with E-state index in [9.17, 15) is 9.18 Å². The summed E-state index contributed by atoms with van der Waals surface area (Å²) in [7, 11) is 0. The number of rotatable bonds is 9. The molecule has 0 aliphatic heterocycles. The number of fused-ring (bicyclic) bond motifs is 1. The molecule has 3 rings (SSSR count). The minimum Gasteiger partial charge on any atom is -0.483 e. The molecule has 0 saturated heterocycles. The second-order valence-electron chi connectivity index (χ2n) is 6.96. The van der Waals surface area contributed by atoms with E-state index < -0.39 is 5.83 Å². The number of carbonyl (C=O) groups is 1. The number of amides is 1. The summed E-state index contributed by atoms with van der Waals surface area (Å²) in [5.74, 6) is -0.303. The minimum atomic E-state index is -0.569. The summed E-state index contributed by atoms with van der Waals surface area (Å²) in [4.78, 5) is 18.6. The fourth-order valence-corrected chi connectivity index (χ4v) is 3.26. The molecule has 6 heteroatoms. The monoisotopic (exact) mass is 417 g/mol. The smallest absolute Gasteiger partial charge is 0.261 e. The molecule has 1 aromatic heterocycles. The van der Waals surface area contributed by atoms with E-state index in [2.05, 4.69) is 11.6 Å². The molecule has 0 radical (unpaired) electrons. The third-order valence-electron chi connectivity index (χ3n) is 4.93. The van der Waals surface area contributed by atoms with Gasteiger partial charge in [-0.2, -0.15) is 0 Å². The van der Waals surface area contributed by atoms with Crippen molar-refractivity contribution >= 4 is 22.9 Å². The lowest BCUT2D eigenvalue weighted by Gasteiger charge is -2.24. The molecule has 0 aliphatic rings. The molecule has 158 valence electrons. The predicted octanol–water partition coefficient (Wildman–Crippen LogP) is 5.07. The third kappa shape index (κ3) is 5.42. The molecular formula is C25H24FN3O2. The van der Waals surface area contributed by atoms with E-state index in [1.165, 1.54) is 11.1 Å². The van der Waals surface area contributed by atoms with E-state index in [0.29, 0.717) is 11.3 Å². The number of aromatic nitrogens is 1. The predicted molar refractivity (Wildman–Crippen MR) is 121 cm³/mol. The molecular weight excluding hydrogens is 393 g/mol. The van der Waals surface area contributed by atoms with Crippen LogP contribution in [0.25, 0.3) is 10.8 Å². The second kappa shape index (κ2) is 10.3. The van der Waals surface area contributed by atoms with Crippen LogP contribution in [0.1, 0.15) is 18.1 Å². The summed E-state index contributed by atoms with van der Waals surface area (Å²) in [6.07, 6.45) is 6.22. The lowest BCUT2D eigenvalue weighted by Crippen LogP contribution is -2.36. The zero-order valence-corrected chi connectivity index (χ0v) is 17.3. The van der Waals surface area contributed by atoms with Gasteiger partial charge in [-0.25, -0.2) is 4.39 Å². The Kier molecular flexibility index (Phi) is 7.27. The Morgan fingerprint density at radius 3 is 2.61 bits per heavy atom. The van der Waals surface area contributed by atoms with Gasteiger partial charge in [0.2, 0.25) is 0 Å². The molecule has 0 fully saturated rings. The summed E-state index contributed by atoms with van der Waals surface area (Å²) in [6.45, 7) is 5.21. The quantitative estimate of drug-likeness (QED) is 0.390. The Morgan fingerprint density at radius 1 is 1.19 bits per heavy atom.